The van der Waals surface area contributed by atoms with E-state index in [4.69, 9.17) is 5.11 Å². The summed E-state index contributed by atoms with van der Waals surface area (Å²) in [7, 11) is 0. The molecule has 0 amide bonds. The molecule has 0 radical (unpaired) electrons. The standard InChI is InChI=1S/C11H10F3NO3/c1-2-10(7-16,11(12,13)14)8-4-3-5-9(6-8)15(17)18/h2-6,16H,1,7H2/t10-/m1/s1. The number of rotatable bonds is 4. The molecule has 7 heteroatoms. The minimum atomic E-state index is -4.79. The molecule has 18 heavy (non-hydrogen) atoms. The lowest BCUT2D eigenvalue weighted by molar-refractivity contribution is -0.385. The number of hydrogen-bond acceptors (Lipinski definition) is 3. The van der Waals surface area contributed by atoms with Gasteiger partial charge < -0.3 is 5.11 Å². The maximum Gasteiger partial charge on any atom is 0.404 e. The molecule has 0 aliphatic rings. The molecule has 1 aromatic rings. The minimum Gasteiger partial charge on any atom is -0.395 e. The fraction of sp³-hybridized carbons (Fsp3) is 0.273. The Bertz CT molecular complexity index is 473. The van der Waals surface area contributed by atoms with Crippen LogP contribution in [0, 0.1) is 10.1 Å². The van der Waals surface area contributed by atoms with E-state index in [9.17, 15) is 23.3 Å². The topological polar surface area (TPSA) is 63.4 Å². The molecule has 0 aliphatic heterocycles. The lowest BCUT2D eigenvalue weighted by atomic mass is 9.80. The Morgan fingerprint density at radius 1 is 1.44 bits per heavy atom. The Kier molecular flexibility index (Phi) is 3.76. The summed E-state index contributed by atoms with van der Waals surface area (Å²) >= 11 is 0. The molecule has 4 nitrogen and oxygen atoms in total. The predicted molar refractivity (Wildman–Crippen MR) is 58.1 cm³/mol. The number of aliphatic hydroxyl groups is 1. The van der Waals surface area contributed by atoms with Gasteiger partial charge in [0, 0.05) is 12.1 Å². The van der Waals surface area contributed by atoms with E-state index in [-0.39, 0.29) is 0 Å². The van der Waals surface area contributed by atoms with Gasteiger partial charge in [-0.15, -0.1) is 6.58 Å². The molecule has 0 spiro atoms. The van der Waals surface area contributed by atoms with Crippen LogP contribution in [0.4, 0.5) is 18.9 Å². The average Bonchev–Trinajstić information content (AvgIpc) is 2.30. The van der Waals surface area contributed by atoms with Gasteiger partial charge in [0.05, 0.1) is 11.5 Å². The molecular weight excluding hydrogens is 251 g/mol. The van der Waals surface area contributed by atoms with E-state index in [2.05, 4.69) is 6.58 Å². The molecule has 0 aromatic heterocycles. The molecule has 1 N–H and O–H groups in total. The number of non-ortho nitro benzene ring substituents is 1. The second kappa shape index (κ2) is 4.77. The first-order valence-electron chi connectivity index (χ1n) is 4.84. The van der Waals surface area contributed by atoms with Crippen LogP contribution in [0.1, 0.15) is 5.56 Å². The molecule has 0 saturated heterocycles. The van der Waals surface area contributed by atoms with Crippen LogP contribution in [0.2, 0.25) is 0 Å². The molecular formula is C11H10F3NO3. The highest BCUT2D eigenvalue weighted by molar-refractivity contribution is 5.42. The zero-order valence-corrected chi connectivity index (χ0v) is 9.15. The van der Waals surface area contributed by atoms with Gasteiger partial charge in [0.25, 0.3) is 5.69 Å². The van der Waals surface area contributed by atoms with Crippen LogP contribution in [0.5, 0.6) is 0 Å². The summed E-state index contributed by atoms with van der Waals surface area (Å²) in [5.41, 5.74) is -3.59. The smallest absolute Gasteiger partial charge is 0.395 e. The van der Waals surface area contributed by atoms with Crippen molar-refractivity contribution in [2.45, 2.75) is 11.6 Å². The highest BCUT2D eigenvalue weighted by atomic mass is 19.4. The maximum absolute atomic E-state index is 13.0. The summed E-state index contributed by atoms with van der Waals surface area (Å²) in [5, 5.41) is 19.6. The molecule has 1 aromatic carbocycles. The van der Waals surface area contributed by atoms with Crippen LogP contribution in [0.25, 0.3) is 0 Å². The van der Waals surface area contributed by atoms with Crippen molar-refractivity contribution in [1.29, 1.82) is 0 Å². The lowest BCUT2D eigenvalue weighted by Gasteiger charge is -2.31. The Labute approximate surface area is 101 Å². The van der Waals surface area contributed by atoms with E-state index < -0.39 is 34.4 Å². The van der Waals surface area contributed by atoms with Crippen molar-refractivity contribution in [3.63, 3.8) is 0 Å². The van der Waals surface area contributed by atoms with E-state index in [1.165, 1.54) is 0 Å². The molecule has 0 saturated carbocycles. The van der Waals surface area contributed by atoms with Crippen LogP contribution in [-0.4, -0.2) is 22.8 Å². The van der Waals surface area contributed by atoms with Crippen molar-refractivity contribution < 1.29 is 23.2 Å². The van der Waals surface area contributed by atoms with Crippen molar-refractivity contribution in [2.24, 2.45) is 0 Å². The summed E-state index contributed by atoms with van der Waals surface area (Å²) < 4.78 is 39.0. The highest BCUT2D eigenvalue weighted by Crippen LogP contribution is 2.42. The van der Waals surface area contributed by atoms with Gasteiger partial charge in [0.2, 0.25) is 0 Å². The van der Waals surface area contributed by atoms with Gasteiger partial charge in [-0.25, -0.2) is 0 Å². The van der Waals surface area contributed by atoms with Crippen molar-refractivity contribution in [3.8, 4) is 0 Å². The Hall–Kier alpha value is -1.89. The van der Waals surface area contributed by atoms with E-state index in [0.29, 0.717) is 6.08 Å². The summed E-state index contributed by atoms with van der Waals surface area (Å²) in [6.45, 7) is 1.81. The van der Waals surface area contributed by atoms with Gasteiger partial charge in [-0.1, -0.05) is 18.2 Å². The van der Waals surface area contributed by atoms with Crippen LogP contribution >= 0.6 is 0 Å². The van der Waals surface area contributed by atoms with Crippen LogP contribution in [0.3, 0.4) is 0 Å². The van der Waals surface area contributed by atoms with Gasteiger partial charge >= 0.3 is 6.18 Å². The third kappa shape index (κ3) is 2.21. The quantitative estimate of drug-likeness (QED) is 0.514. The number of aliphatic hydroxyl groups excluding tert-OH is 1. The first-order valence-corrected chi connectivity index (χ1v) is 4.84. The lowest BCUT2D eigenvalue weighted by Crippen LogP contribution is -2.43. The third-order valence-corrected chi connectivity index (χ3v) is 2.68. The number of halogens is 3. The number of nitro benzene ring substituents is 1. The number of benzene rings is 1. The van der Waals surface area contributed by atoms with Crippen LogP contribution in [0.15, 0.2) is 36.9 Å². The van der Waals surface area contributed by atoms with E-state index >= 15 is 0 Å². The normalized spacial score (nSPS) is 14.9. The van der Waals surface area contributed by atoms with Gasteiger partial charge in [-0.05, 0) is 5.56 Å². The molecule has 0 bridgehead atoms. The predicted octanol–water partition coefficient (Wildman–Crippen LogP) is 2.57. The molecule has 0 heterocycles. The SMILES string of the molecule is C=C[C@@](CO)(c1cccc([N+](=O)[O-])c1)C(F)(F)F. The van der Waals surface area contributed by atoms with Crippen molar-refractivity contribution in [3.05, 3.63) is 52.6 Å². The van der Waals surface area contributed by atoms with Gasteiger partial charge in [0.15, 0.2) is 0 Å². The highest BCUT2D eigenvalue weighted by Gasteiger charge is 2.53. The van der Waals surface area contributed by atoms with Gasteiger partial charge in [-0.3, -0.25) is 10.1 Å². The van der Waals surface area contributed by atoms with Crippen molar-refractivity contribution in [2.75, 3.05) is 6.61 Å². The monoisotopic (exact) mass is 261 g/mol. The van der Waals surface area contributed by atoms with Crippen molar-refractivity contribution in [1.82, 2.24) is 0 Å². The first-order chi connectivity index (χ1) is 8.28. The molecule has 0 aliphatic carbocycles. The summed E-state index contributed by atoms with van der Waals surface area (Å²) in [6, 6.07) is 4.06. The summed E-state index contributed by atoms with van der Waals surface area (Å²) in [4.78, 5) is 9.74. The number of alkyl halides is 3. The van der Waals surface area contributed by atoms with Gasteiger partial charge in [0.1, 0.15) is 5.41 Å². The van der Waals surface area contributed by atoms with Crippen LogP contribution in [-0.2, 0) is 5.41 Å². The Balaban J connectivity index is 3.44. The molecule has 98 valence electrons. The molecule has 0 fully saturated rings. The number of nitrogens with zero attached hydrogens (tertiary/aromatic N) is 1. The first kappa shape index (κ1) is 14.2. The molecule has 1 rings (SSSR count). The second-order valence-corrected chi connectivity index (χ2v) is 3.64. The largest absolute Gasteiger partial charge is 0.404 e. The molecule has 0 unspecified atom stereocenters. The van der Waals surface area contributed by atoms with E-state index in [1.807, 2.05) is 0 Å². The van der Waals surface area contributed by atoms with Crippen LogP contribution < -0.4 is 0 Å². The zero-order chi connectivity index (χ0) is 14.0. The van der Waals surface area contributed by atoms with E-state index in [1.54, 1.807) is 0 Å². The second-order valence-electron chi connectivity index (χ2n) is 3.64. The molecule has 1 atom stereocenters. The number of nitro groups is 1. The van der Waals surface area contributed by atoms with Gasteiger partial charge in [-0.2, -0.15) is 13.2 Å². The fourth-order valence-electron chi connectivity index (χ4n) is 1.54. The Morgan fingerprint density at radius 2 is 2.06 bits per heavy atom. The zero-order valence-electron chi connectivity index (χ0n) is 9.15. The fourth-order valence-corrected chi connectivity index (χ4v) is 1.54. The Morgan fingerprint density at radius 3 is 2.44 bits per heavy atom. The summed E-state index contributed by atoms with van der Waals surface area (Å²) in [5.74, 6) is 0. The van der Waals surface area contributed by atoms with E-state index in [0.717, 1.165) is 24.3 Å². The maximum atomic E-state index is 13.0. The minimum absolute atomic E-state index is 0.415. The third-order valence-electron chi connectivity index (χ3n) is 2.68. The van der Waals surface area contributed by atoms with Crippen molar-refractivity contribution >= 4 is 5.69 Å². The number of hydrogen-bond donors (Lipinski definition) is 1. The average molecular weight is 261 g/mol. The summed E-state index contributed by atoms with van der Waals surface area (Å²) in [6.07, 6.45) is -4.25.